The molecular formula is C14H20N4S. The molecule has 3 N–H and O–H groups in total. The van der Waals surface area contributed by atoms with Gasteiger partial charge in [-0.1, -0.05) is 19.4 Å². The third kappa shape index (κ3) is 3.23. The normalized spacial score (nSPS) is 12.4. The van der Waals surface area contributed by atoms with Crippen LogP contribution in [-0.4, -0.2) is 9.97 Å². The zero-order valence-electron chi connectivity index (χ0n) is 11.6. The topological polar surface area (TPSA) is 63.8 Å². The minimum atomic E-state index is 0.289. The van der Waals surface area contributed by atoms with Crippen molar-refractivity contribution in [3.05, 3.63) is 33.8 Å². The third-order valence-corrected chi connectivity index (χ3v) is 4.06. The predicted molar refractivity (Wildman–Crippen MR) is 81.5 cm³/mol. The summed E-state index contributed by atoms with van der Waals surface area (Å²) in [4.78, 5) is 9.98. The second kappa shape index (κ2) is 6.02. The molecule has 0 spiro atoms. The molecule has 0 saturated heterocycles. The van der Waals surface area contributed by atoms with Gasteiger partial charge in [-0.3, -0.25) is 0 Å². The van der Waals surface area contributed by atoms with Crippen LogP contribution in [0.2, 0.25) is 0 Å². The molecule has 1 atom stereocenters. The molecule has 0 aliphatic rings. The number of nitrogens with two attached hydrogens (primary N) is 1. The lowest BCUT2D eigenvalue weighted by atomic mass is 10.1. The first kappa shape index (κ1) is 13.8. The molecule has 0 fully saturated rings. The van der Waals surface area contributed by atoms with E-state index in [1.54, 1.807) is 11.3 Å². The lowest BCUT2D eigenvalue weighted by molar-refractivity contribution is 0.683. The van der Waals surface area contributed by atoms with E-state index in [1.807, 2.05) is 13.8 Å². The SMILES string of the molecule is CCCC(Nc1nc(C)nc(N)c1C)c1cccs1. The van der Waals surface area contributed by atoms with Gasteiger partial charge in [-0.05, 0) is 31.7 Å². The van der Waals surface area contributed by atoms with E-state index in [-0.39, 0.29) is 6.04 Å². The number of aryl methyl sites for hydroxylation is 1. The fourth-order valence-corrected chi connectivity index (χ4v) is 2.83. The van der Waals surface area contributed by atoms with Crippen LogP contribution in [0.15, 0.2) is 17.5 Å². The van der Waals surface area contributed by atoms with Crippen LogP contribution < -0.4 is 11.1 Å². The maximum absolute atomic E-state index is 5.90. The van der Waals surface area contributed by atoms with Crippen LogP contribution >= 0.6 is 11.3 Å². The van der Waals surface area contributed by atoms with E-state index in [9.17, 15) is 0 Å². The highest BCUT2D eigenvalue weighted by atomic mass is 32.1. The number of thiophene rings is 1. The molecular weight excluding hydrogens is 256 g/mol. The summed E-state index contributed by atoms with van der Waals surface area (Å²) < 4.78 is 0. The first-order valence-electron chi connectivity index (χ1n) is 6.52. The number of nitrogens with zero attached hydrogens (tertiary/aromatic N) is 2. The van der Waals surface area contributed by atoms with Gasteiger partial charge in [0.05, 0.1) is 6.04 Å². The van der Waals surface area contributed by atoms with Crippen LogP contribution in [0.5, 0.6) is 0 Å². The van der Waals surface area contributed by atoms with Crippen LogP contribution in [0.4, 0.5) is 11.6 Å². The standard InChI is InChI=1S/C14H20N4S/c1-4-6-11(12-7-5-8-19-12)18-14-9(2)13(15)16-10(3)17-14/h5,7-8,11H,4,6H2,1-3H3,(H3,15,16,17,18). The molecule has 5 heteroatoms. The first-order valence-corrected chi connectivity index (χ1v) is 7.40. The quantitative estimate of drug-likeness (QED) is 0.874. The molecule has 0 aliphatic carbocycles. The highest BCUT2D eigenvalue weighted by molar-refractivity contribution is 7.10. The Kier molecular flexibility index (Phi) is 4.37. The Labute approximate surface area is 118 Å². The molecule has 0 bridgehead atoms. The van der Waals surface area contributed by atoms with Gasteiger partial charge in [0.1, 0.15) is 17.5 Å². The maximum atomic E-state index is 5.90. The van der Waals surface area contributed by atoms with Gasteiger partial charge in [-0.2, -0.15) is 0 Å². The summed E-state index contributed by atoms with van der Waals surface area (Å²) in [5.74, 6) is 2.10. The highest BCUT2D eigenvalue weighted by Gasteiger charge is 2.15. The van der Waals surface area contributed by atoms with E-state index < -0.39 is 0 Å². The van der Waals surface area contributed by atoms with Crippen LogP contribution in [-0.2, 0) is 0 Å². The minimum Gasteiger partial charge on any atom is -0.383 e. The lowest BCUT2D eigenvalue weighted by Gasteiger charge is -2.19. The molecule has 1 unspecified atom stereocenters. The Balaban J connectivity index is 2.27. The van der Waals surface area contributed by atoms with Crippen molar-refractivity contribution in [3.63, 3.8) is 0 Å². The first-order chi connectivity index (χ1) is 9.11. The molecule has 0 aromatic carbocycles. The molecule has 2 heterocycles. The number of nitrogens with one attached hydrogen (secondary N) is 1. The van der Waals surface area contributed by atoms with E-state index in [1.165, 1.54) is 4.88 Å². The molecule has 0 amide bonds. The van der Waals surface area contributed by atoms with Gasteiger partial charge in [0.15, 0.2) is 0 Å². The average molecular weight is 276 g/mol. The number of hydrogen-bond acceptors (Lipinski definition) is 5. The Hall–Kier alpha value is -1.62. The van der Waals surface area contributed by atoms with Gasteiger partial charge in [0.25, 0.3) is 0 Å². The fraction of sp³-hybridized carbons (Fsp3) is 0.429. The van der Waals surface area contributed by atoms with Crippen LogP contribution in [0.3, 0.4) is 0 Å². The van der Waals surface area contributed by atoms with Crippen molar-refractivity contribution < 1.29 is 0 Å². The zero-order valence-corrected chi connectivity index (χ0v) is 12.4. The van der Waals surface area contributed by atoms with Crippen molar-refractivity contribution in [3.8, 4) is 0 Å². The minimum absolute atomic E-state index is 0.289. The summed E-state index contributed by atoms with van der Waals surface area (Å²) in [6.45, 7) is 6.00. The monoisotopic (exact) mass is 276 g/mol. The van der Waals surface area contributed by atoms with Gasteiger partial charge in [-0.15, -0.1) is 11.3 Å². The van der Waals surface area contributed by atoms with Crippen molar-refractivity contribution in [1.29, 1.82) is 0 Å². The van der Waals surface area contributed by atoms with Crippen LogP contribution in [0, 0.1) is 13.8 Å². The summed E-state index contributed by atoms with van der Waals surface area (Å²) in [6, 6.07) is 4.53. The fourth-order valence-electron chi connectivity index (χ4n) is 2.02. The van der Waals surface area contributed by atoms with Gasteiger partial charge >= 0.3 is 0 Å². The van der Waals surface area contributed by atoms with E-state index in [0.29, 0.717) is 11.6 Å². The van der Waals surface area contributed by atoms with Gasteiger partial charge in [0, 0.05) is 10.4 Å². The number of anilines is 2. The molecule has 102 valence electrons. The molecule has 2 aromatic heterocycles. The summed E-state index contributed by atoms with van der Waals surface area (Å²) in [7, 11) is 0. The largest absolute Gasteiger partial charge is 0.383 e. The van der Waals surface area contributed by atoms with Crippen molar-refractivity contribution in [2.75, 3.05) is 11.1 Å². The van der Waals surface area contributed by atoms with Crippen molar-refractivity contribution in [2.45, 2.75) is 39.7 Å². The molecule has 0 radical (unpaired) electrons. The zero-order chi connectivity index (χ0) is 13.8. The summed E-state index contributed by atoms with van der Waals surface area (Å²) in [6.07, 6.45) is 2.19. The lowest BCUT2D eigenvalue weighted by Crippen LogP contribution is -2.13. The average Bonchev–Trinajstić information content (AvgIpc) is 2.88. The molecule has 0 aliphatic heterocycles. The highest BCUT2D eigenvalue weighted by Crippen LogP contribution is 2.28. The maximum Gasteiger partial charge on any atom is 0.135 e. The molecule has 4 nitrogen and oxygen atoms in total. The molecule has 19 heavy (non-hydrogen) atoms. The van der Waals surface area contributed by atoms with Crippen LogP contribution in [0.25, 0.3) is 0 Å². The second-order valence-corrected chi connectivity index (χ2v) is 5.61. The van der Waals surface area contributed by atoms with E-state index in [2.05, 4.69) is 39.7 Å². The van der Waals surface area contributed by atoms with Gasteiger partial charge in [0.2, 0.25) is 0 Å². The smallest absolute Gasteiger partial charge is 0.135 e. The predicted octanol–water partition coefficient (Wildman–Crippen LogP) is 3.69. The van der Waals surface area contributed by atoms with E-state index >= 15 is 0 Å². The Morgan fingerprint density at radius 3 is 2.79 bits per heavy atom. The Morgan fingerprint density at radius 1 is 1.37 bits per heavy atom. The molecule has 2 rings (SSSR count). The van der Waals surface area contributed by atoms with Gasteiger partial charge < -0.3 is 11.1 Å². The molecule has 0 saturated carbocycles. The van der Waals surface area contributed by atoms with E-state index in [0.717, 1.165) is 24.2 Å². The van der Waals surface area contributed by atoms with E-state index in [4.69, 9.17) is 5.73 Å². The third-order valence-electron chi connectivity index (χ3n) is 3.07. The molecule has 2 aromatic rings. The summed E-state index contributed by atoms with van der Waals surface area (Å²) in [5.41, 5.74) is 6.82. The number of hydrogen-bond donors (Lipinski definition) is 2. The second-order valence-electron chi connectivity index (χ2n) is 4.63. The Morgan fingerprint density at radius 2 is 2.16 bits per heavy atom. The number of aromatic nitrogens is 2. The summed E-state index contributed by atoms with van der Waals surface area (Å²) >= 11 is 1.77. The number of rotatable bonds is 5. The van der Waals surface area contributed by atoms with Gasteiger partial charge in [-0.25, -0.2) is 9.97 Å². The van der Waals surface area contributed by atoms with Crippen molar-refractivity contribution >= 4 is 23.0 Å². The number of nitrogen functional groups attached to an aromatic ring is 1. The Bertz CT molecular complexity index is 537. The summed E-state index contributed by atoms with van der Waals surface area (Å²) in [5, 5.41) is 5.61. The van der Waals surface area contributed by atoms with Crippen molar-refractivity contribution in [2.24, 2.45) is 0 Å². The van der Waals surface area contributed by atoms with Crippen molar-refractivity contribution in [1.82, 2.24) is 9.97 Å². The van der Waals surface area contributed by atoms with Crippen LogP contribution in [0.1, 0.15) is 42.1 Å².